The van der Waals surface area contributed by atoms with E-state index >= 15 is 0 Å². The lowest BCUT2D eigenvalue weighted by Gasteiger charge is -2.15. The predicted octanol–water partition coefficient (Wildman–Crippen LogP) is 4.29. The second kappa shape index (κ2) is 12.4. The Morgan fingerprint density at radius 2 is 1.83 bits per heavy atom. The van der Waals surface area contributed by atoms with Gasteiger partial charge in [0.1, 0.15) is 5.75 Å². The number of nitrogens with one attached hydrogen (secondary N) is 2. The van der Waals surface area contributed by atoms with E-state index in [2.05, 4.69) is 27.8 Å². The lowest BCUT2D eigenvalue weighted by Crippen LogP contribution is -2.36. The van der Waals surface area contributed by atoms with Crippen LogP contribution in [-0.4, -0.2) is 38.4 Å². The van der Waals surface area contributed by atoms with Crippen molar-refractivity contribution in [2.45, 2.75) is 65.4 Å². The number of carbonyl (C=O) groups is 2. The number of anilines is 1. The summed E-state index contributed by atoms with van der Waals surface area (Å²) in [5.41, 5.74) is 4.13. The zero-order valence-corrected chi connectivity index (χ0v) is 21.7. The van der Waals surface area contributed by atoms with Crippen LogP contribution in [-0.2, 0) is 29.1 Å². The summed E-state index contributed by atoms with van der Waals surface area (Å²) >= 11 is 1.32. The number of amides is 2. The van der Waals surface area contributed by atoms with Crippen molar-refractivity contribution in [3.8, 4) is 5.75 Å². The van der Waals surface area contributed by atoms with E-state index in [1.165, 1.54) is 17.3 Å². The summed E-state index contributed by atoms with van der Waals surface area (Å²) in [6.07, 6.45) is 0.300. The maximum absolute atomic E-state index is 12.5. The van der Waals surface area contributed by atoms with Gasteiger partial charge < -0.3 is 19.9 Å². The van der Waals surface area contributed by atoms with Gasteiger partial charge in [0.15, 0.2) is 17.1 Å². The molecule has 8 nitrogen and oxygen atoms in total. The molecule has 0 saturated carbocycles. The Morgan fingerprint density at radius 1 is 1.09 bits per heavy atom. The summed E-state index contributed by atoms with van der Waals surface area (Å²) < 4.78 is 7.65. The van der Waals surface area contributed by atoms with Gasteiger partial charge in [-0.05, 0) is 69.0 Å². The van der Waals surface area contributed by atoms with Crippen molar-refractivity contribution >= 4 is 29.3 Å². The number of aromatic nitrogens is 3. The normalized spacial score (nSPS) is 11.7. The van der Waals surface area contributed by atoms with E-state index in [4.69, 9.17) is 4.74 Å². The van der Waals surface area contributed by atoms with Crippen molar-refractivity contribution in [1.82, 2.24) is 20.1 Å². The molecule has 0 aliphatic heterocycles. The number of nitrogens with zero attached hydrogens (tertiary/aromatic N) is 3. The maximum atomic E-state index is 12.5. The Labute approximate surface area is 210 Å². The van der Waals surface area contributed by atoms with E-state index < -0.39 is 6.10 Å². The van der Waals surface area contributed by atoms with Crippen LogP contribution in [0.15, 0.2) is 47.6 Å². The standard InChI is InChI=1S/C26H33N5O3S/c1-6-20-10-12-21(13-11-20)34-19(5)25(33)27-15-23-29-30-26(31(23)7-2)35-16-24(32)28-22-14-17(3)8-9-18(22)4/h8-14,19H,6-7,15-16H2,1-5H3,(H,27,33)(H,28,32)/t19-/m1/s1. The van der Waals surface area contributed by atoms with Crippen molar-refractivity contribution < 1.29 is 14.3 Å². The van der Waals surface area contributed by atoms with Gasteiger partial charge in [0.25, 0.3) is 5.91 Å². The van der Waals surface area contributed by atoms with E-state index in [9.17, 15) is 9.59 Å². The molecule has 0 aliphatic carbocycles. The van der Waals surface area contributed by atoms with Crippen molar-refractivity contribution in [1.29, 1.82) is 0 Å². The van der Waals surface area contributed by atoms with Crippen molar-refractivity contribution in [3.05, 3.63) is 65.0 Å². The SMILES string of the molecule is CCc1ccc(O[C@H](C)C(=O)NCc2nnc(SCC(=O)Nc3cc(C)ccc3C)n2CC)cc1. The highest BCUT2D eigenvalue weighted by Crippen LogP contribution is 2.20. The topological polar surface area (TPSA) is 98.1 Å². The van der Waals surface area contributed by atoms with E-state index in [-0.39, 0.29) is 24.1 Å². The largest absolute Gasteiger partial charge is 0.481 e. The lowest BCUT2D eigenvalue weighted by molar-refractivity contribution is -0.127. The average molecular weight is 496 g/mol. The Bertz CT molecular complexity index is 1160. The van der Waals surface area contributed by atoms with Crippen LogP contribution in [0.3, 0.4) is 0 Å². The van der Waals surface area contributed by atoms with E-state index in [0.717, 1.165) is 23.2 Å². The molecule has 0 fully saturated rings. The van der Waals surface area contributed by atoms with E-state index in [1.807, 2.05) is 67.8 Å². The van der Waals surface area contributed by atoms with Crippen LogP contribution in [0, 0.1) is 13.8 Å². The molecule has 35 heavy (non-hydrogen) atoms. The fraction of sp³-hybridized carbons (Fsp3) is 0.385. The molecule has 0 bridgehead atoms. The third kappa shape index (κ3) is 7.32. The van der Waals surface area contributed by atoms with Crippen molar-refractivity contribution in [2.75, 3.05) is 11.1 Å². The minimum Gasteiger partial charge on any atom is -0.481 e. The second-order valence-electron chi connectivity index (χ2n) is 8.27. The quantitative estimate of drug-likeness (QED) is 0.385. The molecule has 3 aromatic rings. The van der Waals surface area contributed by atoms with Gasteiger partial charge in [-0.1, -0.05) is 43.0 Å². The second-order valence-corrected chi connectivity index (χ2v) is 9.22. The molecule has 0 radical (unpaired) electrons. The van der Waals surface area contributed by atoms with Gasteiger partial charge in [-0.25, -0.2) is 0 Å². The summed E-state index contributed by atoms with van der Waals surface area (Å²) in [6, 6.07) is 13.7. The summed E-state index contributed by atoms with van der Waals surface area (Å²) in [6.45, 7) is 10.6. The maximum Gasteiger partial charge on any atom is 0.261 e. The molecule has 1 heterocycles. The van der Waals surface area contributed by atoms with Gasteiger partial charge in [-0.3, -0.25) is 9.59 Å². The van der Waals surface area contributed by atoms with Crippen molar-refractivity contribution in [2.24, 2.45) is 0 Å². The molecule has 1 aromatic heterocycles. The first-order valence-corrected chi connectivity index (χ1v) is 12.7. The zero-order valence-electron chi connectivity index (χ0n) is 20.9. The molecule has 9 heteroatoms. The highest BCUT2D eigenvalue weighted by Gasteiger charge is 2.18. The average Bonchev–Trinajstić information content (AvgIpc) is 3.25. The number of hydrogen-bond acceptors (Lipinski definition) is 6. The molecule has 0 unspecified atom stereocenters. The van der Waals surface area contributed by atoms with Crippen LogP contribution in [0.1, 0.15) is 43.3 Å². The Kier molecular flexibility index (Phi) is 9.31. The van der Waals surface area contributed by atoms with Gasteiger partial charge in [0.05, 0.1) is 12.3 Å². The molecule has 0 aliphatic rings. The van der Waals surface area contributed by atoms with Crippen LogP contribution in [0.4, 0.5) is 5.69 Å². The van der Waals surface area contributed by atoms with Crippen LogP contribution in [0.5, 0.6) is 5.75 Å². The molecular weight excluding hydrogens is 462 g/mol. The fourth-order valence-corrected chi connectivity index (χ4v) is 4.25. The first kappa shape index (κ1) is 26.3. The number of aryl methyl sites for hydroxylation is 3. The number of rotatable bonds is 11. The summed E-state index contributed by atoms with van der Waals surface area (Å²) in [4.78, 5) is 25.0. The summed E-state index contributed by atoms with van der Waals surface area (Å²) in [7, 11) is 0. The van der Waals surface area contributed by atoms with Gasteiger partial charge in [0.2, 0.25) is 5.91 Å². The number of hydrogen-bond donors (Lipinski definition) is 2. The third-order valence-corrected chi connectivity index (χ3v) is 6.51. The summed E-state index contributed by atoms with van der Waals surface area (Å²) in [5.74, 6) is 1.14. The molecule has 0 saturated heterocycles. The number of carbonyl (C=O) groups excluding carboxylic acids is 2. The van der Waals surface area contributed by atoms with E-state index in [1.54, 1.807) is 6.92 Å². The monoisotopic (exact) mass is 495 g/mol. The molecule has 1 atom stereocenters. The number of benzene rings is 2. The molecule has 3 rings (SSSR count). The number of ether oxygens (including phenoxy) is 1. The fourth-order valence-electron chi connectivity index (χ4n) is 3.43. The summed E-state index contributed by atoms with van der Waals surface area (Å²) in [5, 5.41) is 14.9. The van der Waals surface area contributed by atoms with Gasteiger partial charge in [-0.2, -0.15) is 0 Å². The molecular formula is C26H33N5O3S. The number of thioether (sulfide) groups is 1. The zero-order chi connectivity index (χ0) is 25.4. The van der Waals surface area contributed by atoms with Crippen LogP contribution >= 0.6 is 11.8 Å². The molecule has 2 amide bonds. The van der Waals surface area contributed by atoms with Gasteiger partial charge in [0, 0.05) is 12.2 Å². The molecule has 186 valence electrons. The Balaban J connectivity index is 1.52. The molecule has 0 spiro atoms. The Morgan fingerprint density at radius 3 is 2.51 bits per heavy atom. The van der Waals surface area contributed by atoms with Gasteiger partial charge >= 0.3 is 0 Å². The van der Waals surface area contributed by atoms with Crippen LogP contribution < -0.4 is 15.4 Å². The highest BCUT2D eigenvalue weighted by molar-refractivity contribution is 7.99. The first-order chi connectivity index (χ1) is 16.8. The van der Waals surface area contributed by atoms with Crippen molar-refractivity contribution in [3.63, 3.8) is 0 Å². The molecule has 2 N–H and O–H groups in total. The highest BCUT2D eigenvalue weighted by atomic mass is 32.2. The van der Waals surface area contributed by atoms with Crippen LogP contribution in [0.2, 0.25) is 0 Å². The van der Waals surface area contributed by atoms with Gasteiger partial charge in [-0.15, -0.1) is 10.2 Å². The third-order valence-electron chi connectivity index (χ3n) is 5.54. The predicted molar refractivity (Wildman–Crippen MR) is 139 cm³/mol. The van der Waals surface area contributed by atoms with Crippen LogP contribution in [0.25, 0.3) is 0 Å². The lowest BCUT2D eigenvalue weighted by atomic mass is 10.1. The van der Waals surface area contributed by atoms with E-state index in [0.29, 0.717) is 23.3 Å². The first-order valence-electron chi connectivity index (χ1n) is 11.8. The minimum absolute atomic E-state index is 0.109. The smallest absolute Gasteiger partial charge is 0.261 e. The Hall–Kier alpha value is -3.33. The molecule has 2 aromatic carbocycles. The minimum atomic E-state index is -0.650.